The molecule has 0 spiro atoms. The van der Waals surface area contributed by atoms with Crippen LogP contribution in [0.15, 0.2) is 53.0 Å². The maximum atomic E-state index is 11.8. The molecular formula is C14H16ClN3O2. The third kappa shape index (κ3) is 3.68. The zero-order valence-corrected chi connectivity index (χ0v) is 11.8. The highest BCUT2D eigenvalue weighted by Gasteiger charge is 2.19. The van der Waals surface area contributed by atoms with Crippen molar-refractivity contribution in [1.82, 2.24) is 16.2 Å². The number of hydrogen-bond donors (Lipinski definition) is 3. The zero-order chi connectivity index (χ0) is 14.4. The van der Waals surface area contributed by atoms with Crippen LogP contribution in [-0.4, -0.2) is 12.6 Å². The molecule has 20 heavy (non-hydrogen) atoms. The quantitative estimate of drug-likeness (QED) is 0.570. The fourth-order valence-electron chi connectivity index (χ4n) is 1.72. The summed E-state index contributed by atoms with van der Waals surface area (Å²) in [4.78, 5) is 11.8. The van der Waals surface area contributed by atoms with Gasteiger partial charge in [-0.25, -0.2) is 4.79 Å². The van der Waals surface area contributed by atoms with Gasteiger partial charge in [-0.05, 0) is 12.5 Å². The van der Waals surface area contributed by atoms with Crippen molar-refractivity contribution in [2.24, 2.45) is 0 Å². The topological polar surface area (TPSA) is 62.4 Å². The molecule has 0 saturated carbocycles. The molecule has 0 unspecified atom stereocenters. The van der Waals surface area contributed by atoms with E-state index in [1.807, 2.05) is 30.3 Å². The number of nitrogens with one attached hydrogen (secondary N) is 3. The molecule has 106 valence electrons. The smallest absolute Gasteiger partial charge is 0.358 e. The van der Waals surface area contributed by atoms with Gasteiger partial charge in [-0.15, -0.1) is 0 Å². The Morgan fingerprint density at radius 1 is 1.30 bits per heavy atom. The standard InChI is InChI=1S/C14H16ClN3O2/c1-2-20-14(19)13-11(8-12(15)17-18-13)16-9-10-6-4-3-5-7-10/h3-8,16-18H,2,9H2,1H3. The van der Waals surface area contributed by atoms with E-state index >= 15 is 0 Å². The molecule has 0 atom stereocenters. The van der Waals surface area contributed by atoms with Gasteiger partial charge >= 0.3 is 5.97 Å². The Kier molecular flexibility index (Phi) is 4.90. The average Bonchev–Trinajstić information content (AvgIpc) is 2.46. The summed E-state index contributed by atoms with van der Waals surface area (Å²) in [7, 11) is 0. The predicted octanol–water partition coefficient (Wildman–Crippen LogP) is 1.74. The summed E-state index contributed by atoms with van der Waals surface area (Å²) in [5.41, 5.74) is 7.42. The highest BCUT2D eigenvalue weighted by Crippen LogP contribution is 2.12. The molecule has 0 saturated heterocycles. The Bertz CT molecular complexity index is 541. The third-order valence-corrected chi connectivity index (χ3v) is 2.86. The van der Waals surface area contributed by atoms with Crippen LogP contribution in [0.1, 0.15) is 12.5 Å². The Hall–Kier alpha value is -2.14. The van der Waals surface area contributed by atoms with Crippen molar-refractivity contribution in [3.63, 3.8) is 0 Å². The molecule has 6 heteroatoms. The molecule has 0 fully saturated rings. The third-order valence-electron chi connectivity index (χ3n) is 2.65. The van der Waals surface area contributed by atoms with Crippen molar-refractivity contribution in [2.45, 2.75) is 13.5 Å². The van der Waals surface area contributed by atoms with Crippen molar-refractivity contribution in [3.05, 3.63) is 58.5 Å². The summed E-state index contributed by atoms with van der Waals surface area (Å²) in [6.07, 6.45) is 1.65. The minimum absolute atomic E-state index is 0.312. The summed E-state index contributed by atoms with van der Waals surface area (Å²) in [5, 5.41) is 3.57. The molecule has 0 aliphatic carbocycles. The molecule has 1 aliphatic rings. The molecular weight excluding hydrogens is 278 g/mol. The van der Waals surface area contributed by atoms with E-state index in [-0.39, 0.29) is 0 Å². The number of allylic oxidation sites excluding steroid dienone is 1. The van der Waals surface area contributed by atoms with Crippen LogP contribution in [0.25, 0.3) is 0 Å². The molecule has 5 nitrogen and oxygen atoms in total. The summed E-state index contributed by atoms with van der Waals surface area (Å²) < 4.78 is 4.99. The number of esters is 1. The Balaban J connectivity index is 2.13. The number of benzene rings is 1. The molecule has 1 aromatic carbocycles. The highest BCUT2D eigenvalue weighted by atomic mass is 35.5. The summed E-state index contributed by atoms with van der Waals surface area (Å²) in [5.74, 6) is -0.434. The molecule has 1 aromatic rings. The van der Waals surface area contributed by atoms with E-state index in [1.165, 1.54) is 0 Å². The lowest BCUT2D eigenvalue weighted by Gasteiger charge is -2.20. The number of hydrazine groups is 1. The van der Waals surface area contributed by atoms with Crippen molar-refractivity contribution in [2.75, 3.05) is 6.61 Å². The van der Waals surface area contributed by atoms with Crippen LogP contribution >= 0.6 is 11.6 Å². The number of carbonyl (C=O) groups is 1. The number of halogens is 1. The molecule has 3 N–H and O–H groups in total. The van der Waals surface area contributed by atoms with Crippen LogP contribution in [-0.2, 0) is 16.1 Å². The van der Waals surface area contributed by atoms with Gasteiger partial charge in [0.15, 0.2) is 5.70 Å². The minimum Gasteiger partial charge on any atom is -0.461 e. The SMILES string of the molecule is CCOC(=O)C1=C(NCc2ccccc2)C=C(Cl)NN1. The van der Waals surface area contributed by atoms with Gasteiger partial charge < -0.3 is 10.1 Å². The first kappa shape index (κ1) is 14.3. The Labute approximate surface area is 122 Å². The number of hydrogen-bond acceptors (Lipinski definition) is 5. The summed E-state index contributed by atoms with van der Waals surface area (Å²) >= 11 is 5.90. The van der Waals surface area contributed by atoms with Gasteiger partial charge in [0, 0.05) is 12.6 Å². The first-order valence-electron chi connectivity index (χ1n) is 6.29. The Morgan fingerprint density at radius 2 is 2.05 bits per heavy atom. The number of rotatable bonds is 5. The fraction of sp³-hybridized carbons (Fsp3) is 0.214. The van der Waals surface area contributed by atoms with E-state index in [2.05, 4.69) is 16.2 Å². The van der Waals surface area contributed by atoms with Gasteiger partial charge in [-0.1, -0.05) is 41.9 Å². The molecule has 0 amide bonds. The normalized spacial score (nSPS) is 14.0. The van der Waals surface area contributed by atoms with Crippen molar-refractivity contribution in [1.29, 1.82) is 0 Å². The number of carbonyl (C=O) groups excluding carboxylic acids is 1. The van der Waals surface area contributed by atoms with E-state index < -0.39 is 5.97 Å². The zero-order valence-electron chi connectivity index (χ0n) is 11.1. The van der Waals surface area contributed by atoms with Gasteiger partial charge in [-0.2, -0.15) is 0 Å². The lowest BCUT2D eigenvalue weighted by Crippen LogP contribution is -2.39. The minimum atomic E-state index is -0.434. The van der Waals surface area contributed by atoms with Crippen molar-refractivity contribution < 1.29 is 9.53 Å². The molecule has 2 rings (SSSR count). The van der Waals surface area contributed by atoms with Gasteiger partial charge in [0.2, 0.25) is 0 Å². The highest BCUT2D eigenvalue weighted by molar-refractivity contribution is 6.29. The van der Waals surface area contributed by atoms with E-state index in [0.29, 0.717) is 29.7 Å². The van der Waals surface area contributed by atoms with Gasteiger partial charge in [-0.3, -0.25) is 10.9 Å². The maximum absolute atomic E-state index is 11.8. The van der Waals surface area contributed by atoms with Crippen LogP contribution in [0.2, 0.25) is 0 Å². The van der Waals surface area contributed by atoms with E-state index in [4.69, 9.17) is 16.3 Å². The summed E-state index contributed by atoms with van der Waals surface area (Å²) in [6.45, 7) is 2.66. The second-order valence-corrected chi connectivity index (χ2v) is 4.50. The molecule has 0 aromatic heterocycles. The first-order chi connectivity index (χ1) is 9.70. The van der Waals surface area contributed by atoms with Crippen molar-refractivity contribution in [3.8, 4) is 0 Å². The first-order valence-corrected chi connectivity index (χ1v) is 6.67. The summed E-state index contributed by atoms with van der Waals surface area (Å²) in [6, 6.07) is 9.87. The Morgan fingerprint density at radius 3 is 2.75 bits per heavy atom. The largest absolute Gasteiger partial charge is 0.461 e. The van der Waals surface area contributed by atoms with E-state index in [0.717, 1.165) is 5.56 Å². The van der Waals surface area contributed by atoms with E-state index in [1.54, 1.807) is 13.0 Å². The molecule has 1 aliphatic heterocycles. The lowest BCUT2D eigenvalue weighted by atomic mass is 10.2. The van der Waals surface area contributed by atoms with E-state index in [9.17, 15) is 4.79 Å². The van der Waals surface area contributed by atoms with Gasteiger partial charge in [0.1, 0.15) is 5.16 Å². The molecule has 1 heterocycles. The average molecular weight is 294 g/mol. The number of ether oxygens (including phenoxy) is 1. The molecule has 0 bridgehead atoms. The van der Waals surface area contributed by atoms with Crippen LogP contribution in [0, 0.1) is 0 Å². The van der Waals surface area contributed by atoms with Crippen molar-refractivity contribution >= 4 is 17.6 Å². The second-order valence-electron chi connectivity index (χ2n) is 4.09. The van der Waals surface area contributed by atoms with Crippen LogP contribution in [0.4, 0.5) is 0 Å². The maximum Gasteiger partial charge on any atom is 0.358 e. The van der Waals surface area contributed by atoms with Crippen LogP contribution < -0.4 is 16.2 Å². The lowest BCUT2D eigenvalue weighted by molar-refractivity contribution is -0.139. The fourth-order valence-corrected chi connectivity index (χ4v) is 1.88. The predicted molar refractivity (Wildman–Crippen MR) is 77.1 cm³/mol. The van der Waals surface area contributed by atoms with Crippen LogP contribution in [0.5, 0.6) is 0 Å². The van der Waals surface area contributed by atoms with Gasteiger partial charge in [0.05, 0.1) is 12.3 Å². The second kappa shape index (κ2) is 6.86. The van der Waals surface area contributed by atoms with Gasteiger partial charge in [0.25, 0.3) is 0 Å². The van der Waals surface area contributed by atoms with Crippen LogP contribution in [0.3, 0.4) is 0 Å². The molecule has 0 radical (unpaired) electrons. The monoisotopic (exact) mass is 293 g/mol.